The summed E-state index contributed by atoms with van der Waals surface area (Å²) in [5, 5.41) is 36.9. The lowest BCUT2D eigenvalue weighted by atomic mass is 10.0. The Morgan fingerprint density at radius 3 is 1.93 bits per heavy atom. The van der Waals surface area contributed by atoms with Gasteiger partial charge in [0.1, 0.15) is 11.5 Å². The molecule has 0 spiro atoms. The van der Waals surface area contributed by atoms with E-state index in [4.69, 9.17) is 10.2 Å². The topological polar surface area (TPSA) is 118 Å². The Balaban J connectivity index is 0.000000646. The van der Waals surface area contributed by atoms with Crippen LogP contribution < -0.4 is 0 Å². The van der Waals surface area contributed by atoms with Gasteiger partial charge in [0.25, 0.3) is 0 Å². The number of carbonyl (C=O) groups is 2. The van der Waals surface area contributed by atoms with Gasteiger partial charge in [-0.25, -0.2) is 0 Å². The van der Waals surface area contributed by atoms with Crippen LogP contribution in [0.4, 0.5) is 0 Å². The summed E-state index contributed by atoms with van der Waals surface area (Å²) in [5.41, 5.74) is 1.11. The zero-order chi connectivity index (χ0) is 21.8. The minimum Gasteiger partial charge on any atom is -0.507 e. The number of aliphatic carboxylic acids is 2. The molecule has 2 aromatic rings. The van der Waals surface area contributed by atoms with E-state index in [9.17, 15) is 19.8 Å². The molecule has 1 fully saturated rings. The van der Waals surface area contributed by atoms with Gasteiger partial charge >= 0.3 is 11.9 Å². The lowest BCUT2D eigenvalue weighted by Gasteiger charge is -2.16. The normalized spacial score (nSPS) is 12.7. The molecule has 1 aliphatic rings. The van der Waals surface area contributed by atoms with Gasteiger partial charge in [-0.15, -0.1) is 12.4 Å². The Morgan fingerprint density at radius 1 is 0.900 bits per heavy atom. The van der Waals surface area contributed by atoms with Crippen LogP contribution in [-0.4, -0.2) is 56.9 Å². The average molecular weight is 442 g/mol. The van der Waals surface area contributed by atoms with Crippen molar-refractivity contribution in [1.29, 1.82) is 0 Å². The molecular weight excluding hydrogens is 410 g/mol. The highest BCUT2D eigenvalue weighted by Gasteiger charge is 2.13. The number of hydrogen-bond donors (Lipinski definition) is 4. The minimum atomic E-state index is -0.745. The number of carboxylic acid groups (broad SMARTS) is 2. The maximum Gasteiger partial charge on any atom is 0.303 e. The summed E-state index contributed by atoms with van der Waals surface area (Å²) < 4.78 is 0. The first-order valence-electron chi connectivity index (χ1n) is 9.88. The number of phenolic OH excluding ortho intramolecular Hbond substituents is 2. The minimum absolute atomic E-state index is 0. The number of halogens is 1. The lowest BCUT2D eigenvalue weighted by molar-refractivity contribution is -0.137. The lowest BCUT2D eigenvalue weighted by Crippen LogP contribution is -2.21. The number of likely N-dealkylation sites (tertiary alicyclic amines) is 1. The van der Waals surface area contributed by atoms with E-state index in [1.165, 1.54) is 25.9 Å². The highest BCUT2D eigenvalue weighted by atomic mass is 35.5. The molecule has 0 unspecified atom stereocenters. The van der Waals surface area contributed by atoms with E-state index < -0.39 is 11.9 Å². The third-order valence-electron chi connectivity index (χ3n) is 4.58. The van der Waals surface area contributed by atoms with Crippen molar-refractivity contribution in [2.24, 2.45) is 0 Å². The van der Waals surface area contributed by atoms with Crippen LogP contribution >= 0.6 is 12.4 Å². The van der Waals surface area contributed by atoms with Crippen molar-refractivity contribution in [2.45, 2.75) is 46.0 Å². The van der Waals surface area contributed by atoms with E-state index in [1.807, 2.05) is 12.1 Å². The summed E-state index contributed by atoms with van der Waals surface area (Å²) in [5.74, 6) is -1.00. The Labute approximate surface area is 183 Å². The molecule has 1 heterocycles. The van der Waals surface area contributed by atoms with Crippen molar-refractivity contribution in [1.82, 2.24) is 4.90 Å². The van der Waals surface area contributed by atoms with E-state index in [-0.39, 0.29) is 36.7 Å². The second-order valence-electron chi connectivity index (χ2n) is 6.74. The van der Waals surface area contributed by atoms with E-state index in [0.29, 0.717) is 0 Å². The van der Waals surface area contributed by atoms with Crippen molar-refractivity contribution in [3.8, 4) is 11.5 Å². The summed E-state index contributed by atoms with van der Waals surface area (Å²) in [4.78, 5) is 21.2. The van der Waals surface area contributed by atoms with Crippen LogP contribution in [0.5, 0.6) is 11.5 Å². The predicted octanol–water partition coefficient (Wildman–Crippen LogP) is 4.27. The van der Waals surface area contributed by atoms with Gasteiger partial charge in [-0.05, 0) is 50.0 Å². The van der Waals surface area contributed by atoms with Crippen molar-refractivity contribution in [3.63, 3.8) is 0 Å². The van der Waals surface area contributed by atoms with Crippen LogP contribution in [-0.2, 0) is 16.0 Å². The zero-order valence-electron chi connectivity index (χ0n) is 17.5. The van der Waals surface area contributed by atoms with Crippen LogP contribution in [0.25, 0.3) is 10.8 Å². The van der Waals surface area contributed by atoms with E-state index in [1.54, 1.807) is 32.0 Å². The molecule has 1 aliphatic heterocycles. The van der Waals surface area contributed by atoms with Gasteiger partial charge in [0, 0.05) is 30.2 Å². The second kappa shape index (κ2) is 14.5. The van der Waals surface area contributed by atoms with Gasteiger partial charge in [-0.2, -0.15) is 0 Å². The van der Waals surface area contributed by atoms with Gasteiger partial charge < -0.3 is 25.3 Å². The van der Waals surface area contributed by atoms with Crippen molar-refractivity contribution in [3.05, 3.63) is 35.9 Å². The molecule has 30 heavy (non-hydrogen) atoms. The molecule has 0 aromatic heterocycles. The maximum absolute atomic E-state index is 10.0. The highest BCUT2D eigenvalue weighted by molar-refractivity contribution is 5.95. The number of fused-ring (bicyclic) bond motifs is 1. The molecule has 1 saturated heterocycles. The molecule has 8 heteroatoms. The summed E-state index contributed by atoms with van der Waals surface area (Å²) in [6, 6.07) is 8.95. The summed E-state index contributed by atoms with van der Waals surface area (Å²) in [6.45, 7) is 6.59. The fourth-order valence-electron chi connectivity index (χ4n) is 2.94. The number of benzene rings is 2. The summed E-state index contributed by atoms with van der Waals surface area (Å²) >= 11 is 0. The second-order valence-corrected chi connectivity index (χ2v) is 6.74. The van der Waals surface area contributed by atoms with Gasteiger partial charge in [-0.3, -0.25) is 9.59 Å². The van der Waals surface area contributed by atoms with Gasteiger partial charge in [0.15, 0.2) is 0 Å². The van der Waals surface area contributed by atoms with Crippen molar-refractivity contribution in [2.75, 3.05) is 19.6 Å². The standard InChI is InChI=1S/C16H19NO2.2C3H6O2.ClH/c18-14-7-6-12(8-11-17-9-1-2-10-17)16-13(14)4-3-5-15(16)19;2*1-2-3(4)5;/h3-7,18-19H,1-2,8-11H2;2*2H2,1H3,(H,4,5);1H. The first-order chi connectivity index (χ1) is 13.8. The molecule has 4 N–H and O–H groups in total. The number of carboxylic acids is 2. The Morgan fingerprint density at radius 2 is 1.43 bits per heavy atom. The molecule has 0 aliphatic carbocycles. The first-order valence-corrected chi connectivity index (χ1v) is 9.88. The Hall–Kier alpha value is -2.51. The SMILES string of the molecule is CCC(=O)O.CCC(=O)O.Cl.Oc1ccc(CCN2CCCC2)c2c(O)cccc12. The van der Waals surface area contributed by atoms with Crippen LogP contribution in [0.2, 0.25) is 0 Å². The molecule has 0 radical (unpaired) electrons. The van der Waals surface area contributed by atoms with Crippen LogP contribution in [0, 0.1) is 0 Å². The van der Waals surface area contributed by atoms with Crippen molar-refractivity contribution < 1.29 is 30.0 Å². The van der Waals surface area contributed by atoms with Gasteiger partial charge in [-0.1, -0.05) is 32.0 Å². The van der Waals surface area contributed by atoms with Crippen LogP contribution in [0.3, 0.4) is 0 Å². The maximum atomic E-state index is 10.0. The quantitative estimate of drug-likeness (QED) is 0.547. The molecular formula is C22H32ClNO6. The number of nitrogens with zero attached hydrogens (tertiary/aromatic N) is 1. The fourth-order valence-corrected chi connectivity index (χ4v) is 2.94. The number of phenols is 2. The molecule has 7 nitrogen and oxygen atoms in total. The number of hydrogen-bond acceptors (Lipinski definition) is 5. The van der Waals surface area contributed by atoms with Crippen molar-refractivity contribution >= 4 is 35.1 Å². The van der Waals surface area contributed by atoms with E-state index in [0.717, 1.165) is 29.3 Å². The third-order valence-corrected chi connectivity index (χ3v) is 4.58. The number of aromatic hydroxyl groups is 2. The molecule has 3 rings (SSSR count). The Bertz CT molecular complexity index is 792. The van der Waals surface area contributed by atoms with Crippen LogP contribution in [0.1, 0.15) is 45.1 Å². The van der Waals surface area contributed by atoms with Gasteiger partial charge in [0.05, 0.1) is 0 Å². The molecule has 0 bridgehead atoms. The molecule has 2 aromatic carbocycles. The smallest absolute Gasteiger partial charge is 0.303 e. The summed E-state index contributed by atoms with van der Waals surface area (Å²) in [6.07, 6.45) is 3.94. The average Bonchev–Trinajstić information content (AvgIpc) is 3.22. The predicted molar refractivity (Wildman–Crippen MR) is 120 cm³/mol. The first kappa shape index (κ1) is 27.5. The molecule has 0 saturated carbocycles. The van der Waals surface area contributed by atoms with E-state index >= 15 is 0 Å². The number of rotatable bonds is 5. The molecule has 0 amide bonds. The highest BCUT2D eigenvalue weighted by Crippen LogP contribution is 2.34. The Kier molecular flexibility index (Phi) is 13.3. The largest absolute Gasteiger partial charge is 0.507 e. The fraction of sp³-hybridized carbons (Fsp3) is 0.455. The van der Waals surface area contributed by atoms with Crippen LogP contribution in [0.15, 0.2) is 30.3 Å². The summed E-state index contributed by atoms with van der Waals surface area (Å²) in [7, 11) is 0. The molecule has 168 valence electrons. The third kappa shape index (κ3) is 9.33. The molecule has 0 atom stereocenters. The monoisotopic (exact) mass is 441 g/mol. The van der Waals surface area contributed by atoms with Gasteiger partial charge in [0.2, 0.25) is 0 Å². The van der Waals surface area contributed by atoms with E-state index in [2.05, 4.69) is 4.90 Å². The zero-order valence-corrected chi connectivity index (χ0v) is 18.3.